The molecule has 1 atom stereocenters. The Kier molecular flexibility index (Phi) is 5.08. The van der Waals surface area contributed by atoms with Crippen LogP contribution < -0.4 is 5.32 Å². The van der Waals surface area contributed by atoms with Crippen molar-refractivity contribution in [3.05, 3.63) is 27.9 Å². The van der Waals surface area contributed by atoms with Gasteiger partial charge in [0.1, 0.15) is 12.0 Å². The van der Waals surface area contributed by atoms with Crippen LogP contribution in [0.4, 0.5) is 11.5 Å². The fourth-order valence-corrected chi connectivity index (χ4v) is 2.48. The second-order valence-corrected chi connectivity index (χ2v) is 5.68. The molecule has 1 aromatic rings. The monoisotopic (exact) mass is 293 g/mol. The SMILES string of the molecule is Cc1cc(NCC(C)N2CCN(C)CC2)ncc1[N+](=O)[O-]. The Morgan fingerprint density at radius 3 is 2.67 bits per heavy atom. The van der Waals surface area contributed by atoms with E-state index in [0.717, 1.165) is 32.7 Å². The minimum Gasteiger partial charge on any atom is -0.368 e. The molecule has 0 aliphatic carbocycles. The van der Waals surface area contributed by atoms with Crippen molar-refractivity contribution in [2.75, 3.05) is 45.1 Å². The standard InChI is InChI=1S/C14H23N5O2/c1-11-8-14(16-10-13(11)19(20)21)15-9-12(2)18-6-4-17(3)5-7-18/h8,10,12H,4-7,9H2,1-3H3,(H,15,16). The topological polar surface area (TPSA) is 74.5 Å². The molecule has 1 aliphatic heterocycles. The summed E-state index contributed by atoms with van der Waals surface area (Å²) in [6.45, 7) is 9.05. The fourth-order valence-electron chi connectivity index (χ4n) is 2.48. The van der Waals surface area contributed by atoms with Crippen LogP contribution in [0.2, 0.25) is 0 Å². The van der Waals surface area contributed by atoms with Crippen LogP contribution in [0.25, 0.3) is 0 Å². The molecule has 0 radical (unpaired) electrons. The van der Waals surface area contributed by atoms with Crippen LogP contribution in [0.1, 0.15) is 12.5 Å². The smallest absolute Gasteiger partial charge is 0.290 e. The van der Waals surface area contributed by atoms with E-state index in [9.17, 15) is 10.1 Å². The van der Waals surface area contributed by atoms with Gasteiger partial charge < -0.3 is 10.2 Å². The van der Waals surface area contributed by atoms with E-state index in [0.29, 0.717) is 17.4 Å². The highest BCUT2D eigenvalue weighted by Gasteiger charge is 2.19. The van der Waals surface area contributed by atoms with Crippen LogP contribution in [0.5, 0.6) is 0 Å². The maximum absolute atomic E-state index is 10.8. The van der Waals surface area contributed by atoms with E-state index in [1.807, 2.05) is 0 Å². The first-order chi connectivity index (χ1) is 9.97. The summed E-state index contributed by atoms with van der Waals surface area (Å²) in [6.07, 6.45) is 1.32. The van der Waals surface area contributed by atoms with Crippen LogP contribution in [0, 0.1) is 17.0 Å². The molecule has 0 saturated carbocycles. The third-order valence-corrected chi connectivity index (χ3v) is 4.02. The van der Waals surface area contributed by atoms with Gasteiger partial charge in [0.05, 0.1) is 4.92 Å². The Labute approximate surface area is 125 Å². The van der Waals surface area contributed by atoms with Gasteiger partial charge in [-0.3, -0.25) is 15.0 Å². The minimum atomic E-state index is -0.404. The molecule has 1 unspecified atom stereocenters. The first kappa shape index (κ1) is 15.7. The van der Waals surface area contributed by atoms with Crippen LogP contribution >= 0.6 is 0 Å². The molecule has 1 N–H and O–H groups in total. The van der Waals surface area contributed by atoms with Gasteiger partial charge in [-0.1, -0.05) is 0 Å². The summed E-state index contributed by atoms with van der Waals surface area (Å²) >= 11 is 0. The number of rotatable bonds is 5. The molecule has 0 spiro atoms. The van der Waals surface area contributed by atoms with Crippen molar-refractivity contribution in [2.24, 2.45) is 0 Å². The maximum Gasteiger partial charge on any atom is 0.290 e. The molecule has 0 aromatic carbocycles. The summed E-state index contributed by atoms with van der Waals surface area (Å²) in [5, 5.41) is 14.0. The normalized spacial score (nSPS) is 18.4. The summed E-state index contributed by atoms with van der Waals surface area (Å²) in [5.74, 6) is 0.694. The van der Waals surface area contributed by atoms with Gasteiger partial charge in [-0.05, 0) is 27.0 Å². The molecule has 2 heterocycles. The quantitative estimate of drug-likeness (QED) is 0.652. The number of hydrogen-bond acceptors (Lipinski definition) is 6. The Morgan fingerprint density at radius 1 is 1.43 bits per heavy atom. The summed E-state index contributed by atoms with van der Waals surface area (Å²) < 4.78 is 0. The average molecular weight is 293 g/mol. The van der Waals surface area contributed by atoms with E-state index < -0.39 is 4.92 Å². The molecule has 2 rings (SSSR count). The number of aryl methyl sites for hydroxylation is 1. The summed E-state index contributed by atoms with van der Waals surface area (Å²) in [4.78, 5) is 19.3. The number of pyridine rings is 1. The number of piperazine rings is 1. The number of nitrogens with one attached hydrogen (secondary N) is 1. The molecule has 1 fully saturated rings. The molecule has 7 nitrogen and oxygen atoms in total. The lowest BCUT2D eigenvalue weighted by molar-refractivity contribution is -0.385. The number of anilines is 1. The van der Waals surface area contributed by atoms with Crippen molar-refractivity contribution in [1.29, 1.82) is 0 Å². The Morgan fingerprint density at radius 2 is 2.10 bits per heavy atom. The lowest BCUT2D eigenvalue weighted by Crippen LogP contribution is -2.49. The van der Waals surface area contributed by atoms with Gasteiger partial charge in [0, 0.05) is 44.3 Å². The average Bonchev–Trinajstić information content (AvgIpc) is 2.45. The van der Waals surface area contributed by atoms with Crippen LogP contribution in [0.15, 0.2) is 12.3 Å². The Balaban J connectivity index is 1.88. The van der Waals surface area contributed by atoms with Gasteiger partial charge >= 0.3 is 0 Å². The lowest BCUT2D eigenvalue weighted by Gasteiger charge is -2.36. The predicted octanol–water partition coefficient (Wildman–Crippen LogP) is 1.35. The summed E-state index contributed by atoms with van der Waals surface area (Å²) in [7, 11) is 2.14. The maximum atomic E-state index is 10.8. The zero-order valence-corrected chi connectivity index (χ0v) is 12.9. The van der Waals surface area contributed by atoms with Crippen molar-refractivity contribution in [3.63, 3.8) is 0 Å². The van der Waals surface area contributed by atoms with Gasteiger partial charge in [-0.15, -0.1) is 0 Å². The van der Waals surface area contributed by atoms with E-state index in [2.05, 4.69) is 34.1 Å². The molecular formula is C14H23N5O2. The number of aromatic nitrogens is 1. The second kappa shape index (κ2) is 6.82. The van der Waals surface area contributed by atoms with Gasteiger partial charge in [0.2, 0.25) is 0 Å². The minimum absolute atomic E-state index is 0.0627. The molecule has 1 aliphatic rings. The first-order valence-corrected chi connectivity index (χ1v) is 7.25. The molecule has 0 bridgehead atoms. The molecule has 1 saturated heterocycles. The van der Waals surface area contributed by atoms with Crippen LogP contribution in [-0.2, 0) is 0 Å². The third kappa shape index (κ3) is 4.12. The highest BCUT2D eigenvalue weighted by molar-refractivity contribution is 5.46. The number of hydrogen-bond donors (Lipinski definition) is 1. The zero-order valence-electron chi connectivity index (χ0n) is 12.9. The second-order valence-electron chi connectivity index (χ2n) is 5.68. The van der Waals surface area contributed by atoms with Crippen molar-refractivity contribution in [2.45, 2.75) is 19.9 Å². The van der Waals surface area contributed by atoms with Crippen LogP contribution in [0.3, 0.4) is 0 Å². The molecule has 7 heteroatoms. The summed E-state index contributed by atoms with van der Waals surface area (Å²) in [6, 6.07) is 2.14. The number of nitro groups is 1. The van der Waals surface area contributed by atoms with Gasteiger partial charge in [0.25, 0.3) is 5.69 Å². The van der Waals surface area contributed by atoms with E-state index in [-0.39, 0.29) is 5.69 Å². The van der Waals surface area contributed by atoms with Gasteiger partial charge in [0.15, 0.2) is 0 Å². The van der Waals surface area contributed by atoms with Gasteiger partial charge in [-0.25, -0.2) is 4.98 Å². The zero-order chi connectivity index (χ0) is 15.4. The lowest BCUT2D eigenvalue weighted by atomic mass is 10.2. The predicted molar refractivity (Wildman–Crippen MR) is 82.7 cm³/mol. The van der Waals surface area contributed by atoms with E-state index in [1.165, 1.54) is 6.20 Å². The van der Waals surface area contributed by atoms with Crippen molar-refractivity contribution < 1.29 is 4.92 Å². The van der Waals surface area contributed by atoms with Crippen molar-refractivity contribution >= 4 is 11.5 Å². The number of nitrogens with zero attached hydrogens (tertiary/aromatic N) is 4. The largest absolute Gasteiger partial charge is 0.368 e. The van der Waals surface area contributed by atoms with Crippen molar-refractivity contribution in [3.8, 4) is 0 Å². The summed E-state index contributed by atoms with van der Waals surface area (Å²) in [5.41, 5.74) is 0.692. The molecule has 0 amide bonds. The molecule has 1 aromatic heterocycles. The van der Waals surface area contributed by atoms with Crippen molar-refractivity contribution in [1.82, 2.24) is 14.8 Å². The third-order valence-electron chi connectivity index (χ3n) is 4.02. The highest BCUT2D eigenvalue weighted by Crippen LogP contribution is 2.19. The Hall–Kier alpha value is -1.73. The van der Waals surface area contributed by atoms with Crippen LogP contribution in [-0.4, -0.2) is 65.5 Å². The number of likely N-dealkylation sites (N-methyl/N-ethyl adjacent to an activating group) is 1. The molecule has 21 heavy (non-hydrogen) atoms. The van der Waals surface area contributed by atoms with E-state index >= 15 is 0 Å². The Bertz CT molecular complexity index is 500. The van der Waals surface area contributed by atoms with E-state index in [1.54, 1.807) is 13.0 Å². The molecular weight excluding hydrogens is 270 g/mol. The first-order valence-electron chi connectivity index (χ1n) is 7.25. The van der Waals surface area contributed by atoms with E-state index in [4.69, 9.17) is 0 Å². The van der Waals surface area contributed by atoms with Gasteiger partial charge in [-0.2, -0.15) is 0 Å². The highest BCUT2D eigenvalue weighted by atomic mass is 16.6. The fraction of sp³-hybridized carbons (Fsp3) is 0.643. The molecule has 116 valence electrons.